The second kappa shape index (κ2) is 7.10. The standard InChI is InChI=1S/C16H22N2O/c1-2-17-11-8-16(19)18-12-9-15(10-13-18)14-6-4-3-5-7-14/h3-7,9,17H,2,8,10-13H2,1H3. The molecule has 1 heterocycles. The molecule has 0 fully saturated rings. The Morgan fingerprint density at radius 2 is 2.11 bits per heavy atom. The predicted octanol–water partition coefficient (Wildman–Crippen LogP) is 2.30. The van der Waals surface area contributed by atoms with Gasteiger partial charge in [0.15, 0.2) is 0 Å². The first-order valence-corrected chi connectivity index (χ1v) is 7.04. The van der Waals surface area contributed by atoms with Gasteiger partial charge in [-0.2, -0.15) is 0 Å². The molecule has 3 heteroatoms. The van der Waals surface area contributed by atoms with Gasteiger partial charge in [-0.15, -0.1) is 0 Å². The van der Waals surface area contributed by atoms with Crippen molar-refractivity contribution in [3.8, 4) is 0 Å². The molecule has 1 N–H and O–H groups in total. The van der Waals surface area contributed by atoms with Crippen LogP contribution in [0.25, 0.3) is 5.57 Å². The number of carbonyl (C=O) groups is 1. The summed E-state index contributed by atoms with van der Waals surface area (Å²) in [6.07, 6.45) is 3.74. The summed E-state index contributed by atoms with van der Waals surface area (Å²) in [7, 11) is 0. The number of hydrogen-bond acceptors (Lipinski definition) is 2. The van der Waals surface area contributed by atoms with E-state index in [1.165, 1.54) is 11.1 Å². The van der Waals surface area contributed by atoms with E-state index in [0.29, 0.717) is 6.42 Å². The minimum Gasteiger partial charge on any atom is -0.339 e. The summed E-state index contributed by atoms with van der Waals surface area (Å²) in [5.41, 5.74) is 2.64. The Balaban J connectivity index is 1.87. The second-order valence-corrected chi connectivity index (χ2v) is 4.79. The fourth-order valence-electron chi connectivity index (χ4n) is 2.34. The summed E-state index contributed by atoms with van der Waals surface area (Å²) < 4.78 is 0. The molecule has 2 rings (SSSR count). The van der Waals surface area contributed by atoms with Gasteiger partial charge in [0, 0.05) is 26.1 Å². The highest BCUT2D eigenvalue weighted by molar-refractivity contribution is 5.78. The largest absolute Gasteiger partial charge is 0.339 e. The Labute approximate surface area is 115 Å². The molecular formula is C16H22N2O. The van der Waals surface area contributed by atoms with Gasteiger partial charge >= 0.3 is 0 Å². The third kappa shape index (κ3) is 3.93. The number of amides is 1. The highest BCUT2D eigenvalue weighted by Crippen LogP contribution is 2.22. The molecule has 1 aromatic rings. The zero-order valence-electron chi connectivity index (χ0n) is 11.6. The van der Waals surface area contributed by atoms with Gasteiger partial charge in [0.2, 0.25) is 5.91 Å². The second-order valence-electron chi connectivity index (χ2n) is 4.79. The number of benzene rings is 1. The van der Waals surface area contributed by atoms with Crippen molar-refractivity contribution in [1.82, 2.24) is 10.2 Å². The van der Waals surface area contributed by atoms with Crippen LogP contribution in [0.15, 0.2) is 36.4 Å². The van der Waals surface area contributed by atoms with Crippen molar-refractivity contribution in [3.63, 3.8) is 0 Å². The van der Waals surface area contributed by atoms with Crippen molar-refractivity contribution in [1.29, 1.82) is 0 Å². The molecule has 19 heavy (non-hydrogen) atoms. The van der Waals surface area contributed by atoms with E-state index in [-0.39, 0.29) is 5.91 Å². The normalized spacial score (nSPS) is 15.2. The summed E-state index contributed by atoms with van der Waals surface area (Å²) in [4.78, 5) is 13.9. The summed E-state index contributed by atoms with van der Waals surface area (Å²) >= 11 is 0. The van der Waals surface area contributed by atoms with E-state index < -0.39 is 0 Å². The molecule has 0 unspecified atom stereocenters. The Hall–Kier alpha value is -1.61. The van der Waals surface area contributed by atoms with Gasteiger partial charge in [0.1, 0.15) is 0 Å². The first-order chi connectivity index (χ1) is 9.31. The zero-order valence-corrected chi connectivity index (χ0v) is 11.6. The number of carbonyl (C=O) groups excluding carboxylic acids is 1. The lowest BCUT2D eigenvalue weighted by atomic mass is 9.99. The minimum atomic E-state index is 0.254. The van der Waals surface area contributed by atoms with Crippen LogP contribution >= 0.6 is 0 Å². The van der Waals surface area contributed by atoms with E-state index in [9.17, 15) is 4.79 Å². The molecule has 1 aromatic carbocycles. The van der Waals surface area contributed by atoms with Crippen molar-refractivity contribution < 1.29 is 4.79 Å². The Morgan fingerprint density at radius 3 is 2.74 bits per heavy atom. The van der Waals surface area contributed by atoms with Crippen LogP contribution in [0.1, 0.15) is 25.3 Å². The Kier molecular flexibility index (Phi) is 5.16. The first-order valence-electron chi connectivity index (χ1n) is 7.04. The van der Waals surface area contributed by atoms with E-state index in [4.69, 9.17) is 0 Å². The maximum absolute atomic E-state index is 12.0. The van der Waals surface area contributed by atoms with E-state index in [1.807, 2.05) is 11.0 Å². The van der Waals surface area contributed by atoms with Crippen LogP contribution in [0, 0.1) is 0 Å². The van der Waals surface area contributed by atoms with Crippen LogP contribution in [-0.2, 0) is 4.79 Å². The summed E-state index contributed by atoms with van der Waals surface area (Å²) in [6.45, 7) is 5.34. The number of nitrogens with one attached hydrogen (secondary N) is 1. The highest BCUT2D eigenvalue weighted by atomic mass is 16.2. The lowest BCUT2D eigenvalue weighted by Gasteiger charge is -2.26. The van der Waals surface area contributed by atoms with Gasteiger partial charge in [-0.25, -0.2) is 0 Å². The highest BCUT2D eigenvalue weighted by Gasteiger charge is 2.17. The van der Waals surface area contributed by atoms with Crippen molar-refractivity contribution in [2.45, 2.75) is 19.8 Å². The third-order valence-electron chi connectivity index (χ3n) is 3.47. The number of nitrogens with zero attached hydrogens (tertiary/aromatic N) is 1. The Bertz CT molecular complexity index is 439. The Morgan fingerprint density at radius 1 is 1.32 bits per heavy atom. The predicted molar refractivity (Wildman–Crippen MR) is 78.8 cm³/mol. The molecule has 102 valence electrons. The van der Waals surface area contributed by atoms with Gasteiger partial charge in [-0.1, -0.05) is 43.3 Å². The van der Waals surface area contributed by atoms with Crippen molar-refractivity contribution >= 4 is 11.5 Å². The average molecular weight is 258 g/mol. The van der Waals surface area contributed by atoms with Gasteiger partial charge in [0.25, 0.3) is 0 Å². The third-order valence-corrected chi connectivity index (χ3v) is 3.47. The van der Waals surface area contributed by atoms with Crippen LogP contribution in [-0.4, -0.2) is 37.0 Å². The molecular weight excluding hydrogens is 236 g/mol. The lowest BCUT2D eigenvalue weighted by molar-refractivity contribution is -0.130. The quantitative estimate of drug-likeness (QED) is 0.822. The number of hydrogen-bond donors (Lipinski definition) is 1. The van der Waals surface area contributed by atoms with E-state index in [2.05, 4.69) is 42.6 Å². The van der Waals surface area contributed by atoms with Crippen molar-refractivity contribution in [2.75, 3.05) is 26.2 Å². The molecule has 1 aliphatic heterocycles. The molecule has 0 aliphatic carbocycles. The van der Waals surface area contributed by atoms with Crippen LogP contribution in [0.2, 0.25) is 0 Å². The van der Waals surface area contributed by atoms with E-state index >= 15 is 0 Å². The molecule has 0 saturated carbocycles. The fourth-order valence-corrected chi connectivity index (χ4v) is 2.34. The van der Waals surface area contributed by atoms with Crippen LogP contribution in [0.4, 0.5) is 0 Å². The minimum absolute atomic E-state index is 0.254. The molecule has 0 bridgehead atoms. The smallest absolute Gasteiger partial charge is 0.224 e. The van der Waals surface area contributed by atoms with Gasteiger partial charge in [-0.3, -0.25) is 4.79 Å². The maximum atomic E-state index is 12.0. The van der Waals surface area contributed by atoms with Gasteiger partial charge in [0.05, 0.1) is 0 Å². The van der Waals surface area contributed by atoms with Crippen LogP contribution < -0.4 is 5.32 Å². The summed E-state index contributed by atoms with van der Waals surface area (Å²) in [5.74, 6) is 0.254. The van der Waals surface area contributed by atoms with Crippen molar-refractivity contribution in [2.24, 2.45) is 0 Å². The van der Waals surface area contributed by atoms with E-state index in [0.717, 1.165) is 32.6 Å². The van der Waals surface area contributed by atoms with Crippen molar-refractivity contribution in [3.05, 3.63) is 42.0 Å². The SMILES string of the molecule is CCNCCC(=O)N1CC=C(c2ccccc2)CC1. The fraction of sp³-hybridized carbons (Fsp3) is 0.438. The molecule has 1 aliphatic rings. The molecule has 0 radical (unpaired) electrons. The van der Waals surface area contributed by atoms with Crippen LogP contribution in [0.3, 0.4) is 0 Å². The summed E-state index contributed by atoms with van der Waals surface area (Å²) in [5, 5.41) is 3.19. The zero-order chi connectivity index (χ0) is 13.5. The molecule has 0 aromatic heterocycles. The van der Waals surface area contributed by atoms with E-state index in [1.54, 1.807) is 0 Å². The maximum Gasteiger partial charge on any atom is 0.224 e. The van der Waals surface area contributed by atoms with Gasteiger partial charge < -0.3 is 10.2 Å². The molecule has 0 saturated heterocycles. The van der Waals surface area contributed by atoms with Gasteiger partial charge in [-0.05, 0) is 24.1 Å². The molecule has 0 spiro atoms. The topological polar surface area (TPSA) is 32.3 Å². The number of rotatable bonds is 5. The van der Waals surface area contributed by atoms with Crippen LogP contribution in [0.5, 0.6) is 0 Å². The molecule has 3 nitrogen and oxygen atoms in total. The average Bonchev–Trinajstić information content (AvgIpc) is 2.48. The molecule has 0 atom stereocenters. The monoisotopic (exact) mass is 258 g/mol. The molecule has 1 amide bonds. The first kappa shape index (κ1) is 13.8. The lowest BCUT2D eigenvalue weighted by Crippen LogP contribution is -2.36. The summed E-state index contributed by atoms with van der Waals surface area (Å²) in [6, 6.07) is 10.4.